The second-order valence-electron chi connectivity index (χ2n) is 7.28. The Morgan fingerprint density at radius 3 is 2.66 bits per heavy atom. The first-order valence-corrected chi connectivity index (χ1v) is 10.6. The number of aromatic nitrogens is 3. The highest BCUT2D eigenvalue weighted by molar-refractivity contribution is 6.36. The summed E-state index contributed by atoms with van der Waals surface area (Å²) in [6, 6.07) is 10.1. The van der Waals surface area contributed by atoms with E-state index in [4.69, 9.17) is 23.2 Å². The fourth-order valence-corrected chi connectivity index (χ4v) is 3.95. The Morgan fingerprint density at radius 1 is 1.22 bits per heavy atom. The number of fused-ring (bicyclic) bond motifs is 1. The molecule has 162 valence electrons. The Bertz CT molecular complexity index is 1380. The lowest BCUT2D eigenvalue weighted by atomic mass is 10.1. The summed E-state index contributed by atoms with van der Waals surface area (Å²) >= 11 is 12.5. The highest BCUT2D eigenvalue weighted by Crippen LogP contribution is 2.38. The summed E-state index contributed by atoms with van der Waals surface area (Å²) in [5.74, 6) is 1.15. The summed E-state index contributed by atoms with van der Waals surface area (Å²) in [5, 5.41) is 13.9. The third-order valence-corrected chi connectivity index (χ3v) is 5.74. The molecule has 6 nitrogen and oxygen atoms in total. The van der Waals surface area contributed by atoms with Crippen LogP contribution in [0.1, 0.15) is 24.0 Å². The summed E-state index contributed by atoms with van der Waals surface area (Å²) in [6.45, 7) is 3.99. The van der Waals surface area contributed by atoms with Crippen molar-refractivity contribution in [2.45, 2.75) is 20.3 Å². The van der Waals surface area contributed by atoms with Crippen LogP contribution in [0.5, 0.6) is 0 Å². The van der Waals surface area contributed by atoms with Crippen molar-refractivity contribution in [3.05, 3.63) is 69.5 Å². The van der Waals surface area contributed by atoms with Crippen LogP contribution in [0.15, 0.2) is 36.5 Å². The van der Waals surface area contributed by atoms with Crippen LogP contribution < -0.4 is 10.2 Å². The van der Waals surface area contributed by atoms with Gasteiger partial charge in [-0.3, -0.25) is 4.98 Å². The Labute approximate surface area is 194 Å². The van der Waals surface area contributed by atoms with Crippen molar-refractivity contribution in [1.29, 1.82) is 5.26 Å². The van der Waals surface area contributed by atoms with Gasteiger partial charge in [-0.25, -0.2) is 9.37 Å². The highest BCUT2D eigenvalue weighted by atomic mass is 35.5. The Hall–Kier alpha value is -3.34. The minimum absolute atomic E-state index is 0.0222. The maximum Gasteiger partial charge on any atom is 0.154 e. The predicted molar refractivity (Wildman–Crippen MR) is 127 cm³/mol. The molecule has 9 heteroatoms. The van der Waals surface area contributed by atoms with Crippen molar-refractivity contribution in [3.63, 3.8) is 0 Å². The lowest BCUT2D eigenvalue weighted by Crippen LogP contribution is -2.11. The average molecular weight is 469 g/mol. The van der Waals surface area contributed by atoms with Gasteiger partial charge in [-0.15, -0.1) is 0 Å². The number of aryl methyl sites for hydroxylation is 2. The molecule has 0 aliphatic rings. The van der Waals surface area contributed by atoms with E-state index in [9.17, 15) is 9.65 Å². The van der Waals surface area contributed by atoms with Crippen LogP contribution in [0.3, 0.4) is 0 Å². The molecule has 4 rings (SSSR count). The first-order chi connectivity index (χ1) is 15.3. The average Bonchev–Trinajstić information content (AvgIpc) is 3.16. The molecule has 2 aromatic heterocycles. The number of anilines is 4. The van der Waals surface area contributed by atoms with E-state index in [1.54, 1.807) is 12.1 Å². The Morgan fingerprint density at radius 2 is 2.00 bits per heavy atom. The van der Waals surface area contributed by atoms with Gasteiger partial charge in [0.15, 0.2) is 5.82 Å². The van der Waals surface area contributed by atoms with Gasteiger partial charge in [0.25, 0.3) is 0 Å². The van der Waals surface area contributed by atoms with Gasteiger partial charge < -0.3 is 15.2 Å². The van der Waals surface area contributed by atoms with Gasteiger partial charge in [0, 0.05) is 36.4 Å². The van der Waals surface area contributed by atoms with Crippen LogP contribution in [0, 0.1) is 24.1 Å². The summed E-state index contributed by atoms with van der Waals surface area (Å²) in [7, 11) is 1.90. The minimum atomic E-state index is -0.523. The lowest BCUT2D eigenvalue weighted by molar-refractivity contribution is 0.628. The number of benzene rings is 2. The fourth-order valence-electron chi connectivity index (χ4n) is 3.50. The van der Waals surface area contributed by atoms with Gasteiger partial charge >= 0.3 is 0 Å². The van der Waals surface area contributed by atoms with Crippen molar-refractivity contribution in [2.24, 2.45) is 0 Å². The quantitative estimate of drug-likeness (QED) is 0.342. The zero-order valence-electron chi connectivity index (χ0n) is 17.6. The number of hydrogen-bond donors (Lipinski definition) is 2. The molecular formula is C23H19Cl2FN6. The molecule has 0 radical (unpaired) electrons. The number of halogens is 3. The topological polar surface area (TPSA) is 80.6 Å². The van der Waals surface area contributed by atoms with Gasteiger partial charge in [-0.1, -0.05) is 30.1 Å². The van der Waals surface area contributed by atoms with Crippen molar-refractivity contribution >= 4 is 57.0 Å². The lowest BCUT2D eigenvalue weighted by Gasteiger charge is -2.20. The number of pyridine rings is 1. The molecule has 2 heterocycles. The van der Waals surface area contributed by atoms with Gasteiger partial charge in [-0.05, 0) is 37.3 Å². The number of nitrogens with zero attached hydrogens (tertiary/aromatic N) is 4. The molecular weight excluding hydrogens is 450 g/mol. The Kier molecular flexibility index (Phi) is 5.92. The van der Waals surface area contributed by atoms with Gasteiger partial charge in [0.05, 0.1) is 32.5 Å². The second-order valence-corrected chi connectivity index (χ2v) is 8.10. The van der Waals surface area contributed by atoms with Crippen molar-refractivity contribution < 1.29 is 4.39 Å². The van der Waals surface area contributed by atoms with Gasteiger partial charge in [0.1, 0.15) is 17.7 Å². The summed E-state index contributed by atoms with van der Waals surface area (Å²) in [6.07, 6.45) is 2.24. The van der Waals surface area contributed by atoms with Crippen LogP contribution in [0.2, 0.25) is 10.0 Å². The van der Waals surface area contributed by atoms with E-state index in [0.29, 0.717) is 32.9 Å². The number of H-pyrrole nitrogens is 1. The molecule has 2 N–H and O–H groups in total. The third kappa shape index (κ3) is 3.95. The monoisotopic (exact) mass is 468 g/mol. The molecule has 32 heavy (non-hydrogen) atoms. The third-order valence-electron chi connectivity index (χ3n) is 5.17. The molecule has 0 amide bonds. The van der Waals surface area contributed by atoms with Gasteiger partial charge in [0.2, 0.25) is 0 Å². The molecule has 0 spiro atoms. The van der Waals surface area contributed by atoms with Crippen LogP contribution in [0.4, 0.5) is 27.3 Å². The SMILES string of the molecule is CCc1nc(N(C)c2cc(Cl)c3ncc(C#N)c(Nc4ccc(F)c(Cl)c4)c3c2)c(C)[nH]1. The minimum Gasteiger partial charge on any atom is -0.354 e. The predicted octanol–water partition coefficient (Wildman–Crippen LogP) is 6.66. The van der Waals surface area contributed by atoms with Crippen LogP contribution >= 0.6 is 23.2 Å². The highest BCUT2D eigenvalue weighted by Gasteiger charge is 2.18. The number of rotatable bonds is 5. The molecule has 0 aliphatic heterocycles. The number of imidazole rings is 1. The van der Waals surface area contributed by atoms with E-state index in [2.05, 4.69) is 26.3 Å². The maximum absolute atomic E-state index is 13.6. The molecule has 0 saturated carbocycles. The molecule has 0 saturated heterocycles. The second kappa shape index (κ2) is 8.65. The van der Waals surface area contributed by atoms with E-state index in [1.165, 1.54) is 18.3 Å². The van der Waals surface area contributed by atoms with Crippen molar-refractivity contribution in [2.75, 3.05) is 17.3 Å². The summed E-state index contributed by atoms with van der Waals surface area (Å²) in [4.78, 5) is 14.2. The number of nitriles is 1. The van der Waals surface area contributed by atoms with E-state index >= 15 is 0 Å². The van der Waals surface area contributed by atoms with Crippen LogP contribution in [-0.2, 0) is 6.42 Å². The van der Waals surface area contributed by atoms with Crippen LogP contribution in [-0.4, -0.2) is 22.0 Å². The van der Waals surface area contributed by atoms with E-state index in [1.807, 2.05) is 31.9 Å². The van der Waals surface area contributed by atoms with E-state index < -0.39 is 5.82 Å². The number of aromatic amines is 1. The van der Waals surface area contributed by atoms with E-state index in [-0.39, 0.29) is 5.02 Å². The smallest absolute Gasteiger partial charge is 0.154 e. The zero-order chi connectivity index (χ0) is 23.0. The molecule has 4 aromatic rings. The Balaban J connectivity index is 1.87. The molecule has 0 bridgehead atoms. The van der Waals surface area contributed by atoms with Crippen LogP contribution in [0.25, 0.3) is 10.9 Å². The maximum atomic E-state index is 13.6. The largest absolute Gasteiger partial charge is 0.354 e. The summed E-state index contributed by atoms with van der Waals surface area (Å²) < 4.78 is 13.6. The van der Waals surface area contributed by atoms with E-state index in [0.717, 1.165) is 29.4 Å². The molecule has 0 atom stereocenters. The summed E-state index contributed by atoms with van der Waals surface area (Å²) in [5.41, 5.74) is 3.60. The number of nitrogens with one attached hydrogen (secondary N) is 2. The standard InChI is InChI=1S/C23H19Cl2FN6/c1-4-20-29-12(2)23(31-20)32(3)15-8-16-21(30-14-5-6-19(26)17(24)7-14)13(10-27)11-28-22(16)18(25)9-15/h5-9,11H,4H2,1-3H3,(H,28,30)(H,29,31). The van der Waals surface area contributed by atoms with Crippen molar-refractivity contribution in [3.8, 4) is 6.07 Å². The first kappa shape index (κ1) is 21.9. The zero-order valence-corrected chi connectivity index (χ0v) is 19.1. The molecule has 0 fully saturated rings. The number of hydrogen-bond acceptors (Lipinski definition) is 5. The first-order valence-electron chi connectivity index (χ1n) is 9.86. The normalized spacial score (nSPS) is 10.9. The molecule has 0 aliphatic carbocycles. The molecule has 2 aromatic carbocycles. The van der Waals surface area contributed by atoms with Crippen molar-refractivity contribution in [1.82, 2.24) is 15.0 Å². The fraction of sp³-hybridized carbons (Fsp3) is 0.174. The molecule has 0 unspecified atom stereocenters. The van der Waals surface area contributed by atoms with Gasteiger partial charge in [-0.2, -0.15) is 5.26 Å².